The van der Waals surface area contributed by atoms with Gasteiger partial charge in [0.25, 0.3) is 0 Å². The Bertz CT molecular complexity index is 486. The minimum Gasteiger partial charge on any atom is -0.426 e. The van der Waals surface area contributed by atoms with Gasteiger partial charge in [-0.25, -0.2) is 9.80 Å². The molecule has 4 rings (SSSR count). The first-order valence-electron chi connectivity index (χ1n) is 10.4. The summed E-state index contributed by atoms with van der Waals surface area (Å²) >= 11 is 1.85. The number of cyclic esters (lactones) is 1. The molecule has 2 aliphatic heterocycles. The van der Waals surface area contributed by atoms with Crippen LogP contribution in [0.4, 0.5) is 4.79 Å². The number of hydrogen-bond donors (Lipinski definition) is 2. The van der Waals surface area contributed by atoms with Gasteiger partial charge in [0.05, 0.1) is 30.6 Å². The van der Waals surface area contributed by atoms with Crippen molar-refractivity contribution in [2.75, 3.05) is 18.9 Å². The summed E-state index contributed by atoms with van der Waals surface area (Å²) in [6.07, 6.45) is 10.2. The number of nitrogens with one attached hydrogen (secondary N) is 1. The van der Waals surface area contributed by atoms with E-state index in [1.165, 1.54) is 50.0 Å². The Morgan fingerprint density at radius 1 is 1.19 bits per heavy atom. The smallest absolute Gasteiger partial charge is 0.426 e. The predicted molar refractivity (Wildman–Crippen MR) is 101 cm³/mol. The lowest BCUT2D eigenvalue weighted by atomic mass is 9.69. The molecule has 0 spiro atoms. The van der Waals surface area contributed by atoms with E-state index in [4.69, 9.17) is 9.47 Å². The number of hydrogen-bond acceptors (Lipinski definition) is 6. The molecule has 26 heavy (non-hydrogen) atoms. The van der Waals surface area contributed by atoms with E-state index in [2.05, 4.69) is 5.43 Å². The molecule has 0 aromatic carbocycles. The number of aliphatic hydroxyl groups excluding tert-OH is 1. The molecule has 0 aromatic rings. The number of rotatable bonds is 6. The van der Waals surface area contributed by atoms with E-state index in [-0.39, 0.29) is 25.0 Å². The number of fused-ring (bicyclic) bond motifs is 1. The number of β-amino-alcohol motifs (C(OH)–C–C–N with tert-alkyl or cyclic N) is 1. The summed E-state index contributed by atoms with van der Waals surface area (Å²) < 4.78 is 11.6. The second kappa shape index (κ2) is 8.67. The fourth-order valence-electron chi connectivity index (χ4n) is 5.12. The quantitative estimate of drug-likeness (QED) is 0.734. The Balaban J connectivity index is 1.22. The van der Waals surface area contributed by atoms with E-state index < -0.39 is 6.10 Å². The minimum atomic E-state index is -0.686. The number of carbonyl (C=O) groups excluding carboxylic acids is 1. The van der Waals surface area contributed by atoms with Gasteiger partial charge >= 0.3 is 6.09 Å². The molecular weight excluding hydrogens is 352 g/mol. The molecule has 0 radical (unpaired) electrons. The Morgan fingerprint density at radius 2 is 2.04 bits per heavy atom. The van der Waals surface area contributed by atoms with Crippen LogP contribution in [0.5, 0.6) is 0 Å². The number of ether oxygens (including phenoxy) is 2. The number of aliphatic hydroxyl groups is 1. The summed E-state index contributed by atoms with van der Waals surface area (Å²) in [5.41, 5.74) is 3.12. The summed E-state index contributed by atoms with van der Waals surface area (Å²) in [5.74, 6) is 2.61. The monoisotopic (exact) mass is 384 g/mol. The SMILES string of the molecule is O=C1OC(C2CCCS2)NN1C[C@@H](O)CO[C@H]1CCCC2CCCCC21. The molecule has 2 saturated heterocycles. The Kier molecular flexibility index (Phi) is 6.29. The molecule has 4 unspecified atom stereocenters. The minimum absolute atomic E-state index is 0.216. The van der Waals surface area contributed by atoms with Crippen LogP contribution in [0.25, 0.3) is 0 Å². The topological polar surface area (TPSA) is 71.0 Å². The molecule has 0 aromatic heterocycles. The summed E-state index contributed by atoms with van der Waals surface area (Å²) in [6, 6.07) is 0. The number of amides is 1. The van der Waals surface area contributed by atoms with E-state index in [1.807, 2.05) is 11.8 Å². The lowest BCUT2D eigenvalue weighted by Crippen LogP contribution is -2.46. The second-order valence-electron chi connectivity index (χ2n) is 8.26. The van der Waals surface area contributed by atoms with Crippen LogP contribution in [0, 0.1) is 11.8 Å². The zero-order valence-electron chi connectivity index (χ0n) is 15.5. The van der Waals surface area contributed by atoms with Crippen LogP contribution in [-0.2, 0) is 9.47 Å². The average molecular weight is 385 g/mol. The molecule has 2 aliphatic carbocycles. The van der Waals surface area contributed by atoms with Gasteiger partial charge < -0.3 is 14.6 Å². The highest BCUT2D eigenvalue weighted by atomic mass is 32.2. The van der Waals surface area contributed by atoms with Crippen molar-refractivity contribution >= 4 is 17.9 Å². The van der Waals surface area contributed by atoms with Crippen LogP contribution in [-0.4, -0.2) is 58.8 Å². The predicted octanol–water partition coefficient (Wildman–Crippen LogP) is 2.90. The van der Waals surface area contributed by atoms with Crippen molar-refractivity contribution in [1.82, 2.24) is 10.4 Å². The first-order valence-corrected chi connectivity index (χ1v) is 11.4. The molecule has 6 atom stereocenters. The molecule has 0 bridgehead atoms. The summed E-state index contributed by atoms with van der Waals surface area (Å²) in [7, 11) is 0. The molecule has 2 N–H and O–H groups in total. The van der Waals surface area contributed by atoms with Crippen LogP contribution < -0.4 is 5.43 Å². The number of nitrogens with zero attached hydrogens (tertiary/aromatic N) is 1. The molecular formula is C19H32N2O4S. The van der Waals surface area contributed by atoms with Gasteiger partial charge in [-0.2, -0.15) is 17.2 Å². The van der Waals surface area contributed by atoms with Crippen molar-refractivity contribution < 1.29 is 19.4 Å². The molecule has 2 saturated carbocycles. The van der Waals surface area contributed by atoms with Crippen molar-refractivity contribution in [3.63, 3.8) is 0 Å². The largest absolute Gasteiger partial charge is 0.426 e. The van der Waals surface area contributed by atoms with Crippen molar-refractivity contribution in [1.29, 1.82) is 0 Å². The van der Waals surface area contributed by atoms with Crippen molar-refractivity contribution in [2.45, 2.75) is 81.5 Å². The molecule has 148 valence electrons. The zero-order chi connectivity index (χ0) is 17.9. The Morgan fingerprint density at radius 3 is 2.88 bits per heavy atom. The first-order chi connectivity index (χ1) is 12.7. The van der Waals surface area contributed by atoms with Gasteiger partial charge in [-0.05, 0) is 49.7 Å². The van der Waals surface area contributed by atoms with E-state index >= 15 is 0 Å². The third-order valence-electron chi connectivity index (χ3n) is 6.44. The van der Waals surface area contributed by atoms with Gasteiger partial charge in [0.2, 0.25) is 0 Å². The van der Waals surface area contributed by atoms with Crippen LogP contribution >= 0.6 is 11.8 Å². The summed E-state index contributed by atoms with van der Waals surface area (Å²) in [5, 5.41) is 12.1. The number of thioether (sulfide) groups is 1. The van der Waals surface area contributed by atoms with E-state index in [0.717, 1.165) is 24.5 Å². The number of carbonyl (C=O) groups is 1. The van der Waals surface area contributed by atoms with Crippen LogP contribution in [0.1, 0.15) is 57.8 Å². The number of hydrazine groups is 1. The summed E-state index contributed by atoms with van der Waals surface area (Å²) in [4.78, 5) is 12.1. The van der Waals surface area contributed by atoms with Gasteiger partial charge in [0.15, 0.2) is 6.23 Å². The third-order valence-corrected chi connectivity index (χ3v) is 7.87. The average Bonchev–Trinajstić information content (AvgIpc) is 3.30. The maximum Gasteiger partial charge on any atom is 0.426 e. The van der Waals surface area contributed by atoms with Gasteiger partial charge in [-0.3, -0.25) is 0 Å². The van der Waals surface area contributed by atoms with Crippen molar-refractivity contribution in [3.8, 4) is 0 Å². The lowest BCUT2D eigenvalue weighted by Gasteiger charge is -2.41. The summed E-state index contributed by atoms with van der Waals surface area (Å²) in [6.45, 7) is 0.510. The van der Waals surface area contributed by atoms with Gasteiger partial charge in [-0.15, -0.1) is 0 Å². The lowest BCUT2D eigenvalue weighted by molar-refractivity contribution is -0.0782. The zero-order valence-corrected chi connectivity index (χ0v) is 16.3. The van der Waals surface area contributed by atoms with Crippen molar-refractivity contribution in [2.24, 2.45) is 11.8 Å². The fourth-order valence-corrected chi connectivity index (χ4v) is 6.38. The molecule has 6 nitrogen and oxygen atoms in total. The normalized spacial score (nSPS) is 38.9. The highest BCUT2D eigenvalue weighted by Crippen LogP contribution is 2.41. The van der Waals surface area contributed by atoms with Crippen molar-refractivity contribution in [3.05, 3.63) is 0 Å². The van der Waals surface area contributed by atoms with Gasteiger partial charge in [0, 0.05) is 0 Å². The van der Waals surface area contributed by atoms with Crippen LogP contribution in [0.3, 0.4) is 0 Å². The maximum absolute atomic E-state index is 12.1. The van der Waals surface area contributed by atoms with E-state index in [1.54, 1.807) is 0 Å². The molecule has 7 heteroatoms. The van der Waals surface area contributed by atoms with E-state index in [0.29, 0.717) is 17.8 Å². The van der Waals surface area contributed by atoms with E-state index in [9.17, 15) is 9.90 Å². The van der Waals surface area contributed by atoms with Crippen LogP contribution in [0.15, 0.2) is 0 Å². The third kappa shape index (κ3) is 4.32. The Hall–Kier alpha value is -0.500. The standard InChI is InChI=1S/C19H32N2O4S/c22-14(11-21-19(23)25-18(20-21)17-9-4-10-26-17)12-24-16-8-3-6-13-5-1-2-7-15(13)16/h13-18,20,22H,1-12H2/t13?,14-,15?,16+,17?,18?/m1/s1. The fraction of sp³-hybridized carbons (Fsp3) is 0.947. The van der Waals surface area contributed by atoms with Gasteiger partial charge in [0.1, 0.15) is 0 Å². The highest BCUT2D eigenvalue weighted by Gasteiger charge is 2.39. The molecule has 2 heterocycles. The maximum atomic E-state index is 12.1. The Labute approximate surface area is 160 Å². The van der Waals surface area contributed by atoms with Crippen LogP contribution in [0.2, 0.25) is 0 Å². The molecule has 1 amide bonds. The highest BCUT2D eigenvalue weighted by molar-refractivity contribution is 8.00. The second-order valence-corrected chi connectivity index (χ2v) is 9.61. The molecule has 4 fully saturated rings. The molecule has 4 aliphatic rings. The van der Waals surface area contributed by atoms with Gasteiger partial charge in [-0.1, -0.05) is 25.7 Å². The first kappa shape index (κ1) is 18.8.